The van der Waals surface area contributed by atoms with Gasteiger partial charge in [0, 0.05) is 52.6 Å². The molecule has 56 heavy (non-hydrogen) atoms. The Bertz CT molecular complexity index is 2960. The molecule has 0 N–H and O–H groups in total. The zero-order valence-electron chi connectivity index (χ0n) is 31.3. The Labute approximate surface area is 325 Å². The van der Waals surface area contributed by atoms with Gasteiger partial charge in [0.1, 0.15) is 5.82 Å². The molecular formula is C50H38N6. The van der Waals surface area contributed by atoms with Crippen molar-refractivity contribution in [1.82, 2.24) is 24.5 Å². The minimum absolute atomic E-state index is 0.807. The molecule has 0 aliphatic rings. The van der Waals surface area contributed by atoms with Crippen LogP contribution < -0.4 is 0 Å². The SMILES string of the molecule is C=N/C=C\C=C(/C)c1cc(-c2cccc(-c3ccc(-c4nc5ccccc5c5ccc6c(nc(CC)n6-c6ccccc6)c45)cc3)c2)cc(-c2cccnc2)n1. The molecule has 9 rings (SSSR count). The number of para-hydroxylation sites is 2. The van der Waals surface area contributed by atoms with Crippen molar-refractivity contribution in [2.75, 3.05) is 0 Å². The van der Waals surface area contributed by atoms with Gasteiger partial charge in [-0.25, -0.2) is 15.0 Å². The highest BCUT2D eigenvalue weighted by molar-refractivity contribution is 6.20. The molecular weight excluding hydrogens is 685 g/mol. The Kier molecular flexibility index (Phi) is 9.13. The Morgan fingerprint density at radius 3 is 2.23 bits per heavy atom. The molecule has 9 aromatic rings. The zero-order chi connectivity index (χ0) is 38.0. The van der Waals surface area contributed by atoms with Crippen molar-refractivity contribution >= 4 is 45.0 Å². The van der Waals surface area contributed by atoms with E-state index >= 15 is 0 Å². The van der Waals surface area contributed by atoms with Gasteiger partial charge in [0.25, 0.3) is 0 Å². The van der Waals surface area contributed by atoms with Crippen LogP contribution in [0, 0.1) is 0 Å². The van der Waals surface area contributed by atoms with Gasteiger partial charge < -0.3 is 0 Å². The molecule has 4 aromatic heterocycles. The second kappa shape index (κ2) is 14.8. The lowest BCUT2D eigenvalue weighted by Gasteiger charge is -2.13. The molecule has 4 heterocycles. The zero-order valence-corrected chi connectivity index (χ0v) is 31.3. The van der Waals surface area contributed by atoms with Crippen molar-refractivity contribution in [3.8, 4) is 50.5 Å². The third-order valence-corrected chi connectivity index (χ3v) is 10.3. The second-order valence-corrected chi connectivity index (χ2v) is 13.8. The van der Waals surface area contributed by atoms with Gasteiger partial charge in [0.15, 0.2) is 0 Å². The quantitative estimate of drug-likeness (QED) is 0.0845. The summed E-state index contributed by atoms with van der Waals surface area (Å²) in [4.78, 5) is 23.8. The maximum Gasteiger partial charge on any atom is 0.114 e. The molecule has 0 unspecified atom stereocenters. The number of aryl methyl sites for hydroxylation is 1. The largest absolute Gasteiger partial charge is 0.296 e. The van der Waals surface area contributed by atoms with E-state index < -0.39 is 0 Å². The number of hydrogen-bond acceptors (Lipinski definition) is 5. The van der Waals surface area contributed by atoms with E-state index in [4.69, 9.17) is 15.0 Å². The lowest BCUT2D eigenvalue weighted by atomic mass is 9.95. The monoisotopic (exact) mass is 722 g/mol. The number of pyridine rings is 3. The van der Waals surface area contributed by atoms with Crippen LogP contribution in [0.4, 0.5) is 0 Å². The fourth-order valence-corrected chi connectivity index (χ4v) is 7.54. The summed E-state index contributed by atoms with van der Waals surface area (Å²) in [7, 11) is 0. The molecule has 268 valence electrons. The molecule has 0 atom stereocenters. The van der Waals surface area contributed by atoms with Crippen LogP contribution in [0.5, 0.6) is 0 Å². The average Bonchev–Trinajstić information content (AvgIpc) is 3.66. The first-order chi connectivity index (χ1) is 27.6. The van der Waals surface area contributed by atoms with Crippen LogP contribution in [0.25, 0.3) is 88.7 Å². The molecule has 0 amide bonds. The molecule has 0 spiro atoms. The van der Waals surface area contributed by atoms with Gasteiger partial charge in [-0.2, -0.15) is 0 Å². The van der Waals surface area contributed by atoms with E-state index in [-0.39, 0.29) is 0 Å². The summed E-state index contributed by atoms with van der Waals surface area (Å²) in [6.45, 7) is 7.77. The average molecular weight is 723 g/mol. The molecule has 0 radical (unpaired) electrons. The fraction of sp³-hybridized carbons (Fsp3) is 0.0600. The summed E-state index contributed by atoms with van der Waals surface area (Å²) >= 11 is 0. The minimum atomic E-state index is 0.807. The standard InChI is InChI=1S/C50H38N6/c1-4-47-55-50-46(56(47)40-17-6-5-7-18-40)26-25-42-41-19-8-9-20-43(41)54-49(48(42)50)35-23-21-34(22-24-35)36-14-10-15-37(29-36)39-30-44(33(2)13-11-27-51-3)53-45(31-39)38-16-12-28-52-32-38/h5-32H,3-4H2,1-2H3/b27-11-,33-13+. The van der Waals surface area contributed by atoms with Crippen LogP contribution >= 0.6 is 0 Å². The molecule has 6 nitrogen and oxygen atoms in total. The molecule has 0 saturated carbocycles. The summed E-state index contributed by atoms with van der Waals surface area (Å²) in [5.41, 5.74) is 14.2. The van der Waals surface area contributed by atoms with Crippen molar-refractivity contribution in [3.05, 3.63) is 182 Å². The van der Waals surface area contributed by atoms with Crippen molar-refractivity contribution in [3.63, 3.8) is 0 Å². The third-order valence-electron chi connectivity index (χ3n) is 10.3. The Morgan fingerprint density at radius 1 is 0.679 bits per heavy atom. The van der Waals surface area contributed by atoms with Gasteiger partial charge in [-0.15, -0.1) is 0 Å². The Hall–Kier alpha value is -7.31. The van der Waals surface area contributed by atoms with Crippen molar-refractivity contribution < 1.29 is 0 Å². The first kappa shape index (κ1) is 34.5. The van der Waals surface area contributed by atoms with Crippen LogP contribution in [0.3, 0.4) is 0 Å². The number of allylic oxidation sites excluding steroid dienone is 3. The van der Waals surface area contributed by atoms with Crippen molar-refractivity contribution in [2.24, 2.45) is 4.99 Å². The molecule has 0 aliphatic carbocycles. The van der Waals surface area contributed by atoms with Crippen LogP contribution in [0.15, 0.2) is 175 Å². The summed E-state index contributed by atoms with van der Waals surface area (Å²) in [6.07, 6.45) is 9.99. The van der Waals surface area contributed by atoms with E-state index in [1.807, 2.05) is 30.5 Å². The number of fused-ring (bicyclic) bond motifs is 5. The molecule has 0 bridgehead atoms. The number of aliphatic imine (C=N–C) groups is 1. The van der Waals surface area contributed by atoms with E-state index in [2.05, 4.69) is 163 Å². The van der Waals surface area contributed by atoms with E-state index in [1.54, 1.807) is 12.4 Å². The second-order valence-electron chi connectivity index (χ2n) is 13.8. The molecule has 0 fully saturated rings. The number of benzene rings is 5. The van der Waals surface area contributed by atoms with Gasteiger partial charge in [0.2, 0.25) is 0 Å². The van der Waals surface area contributed by atoms with Gasteiger partial charge in [-0.05, 0) is 108 Å². The number of nitrogens with zero attached hydrogens (tertiary/aromatic N) is 6. The van der Waals surface area contributed by atoms with E-state index in [1.165, 1.54) is 0 Å². The van der Waals surface area contributed by atoms with Gasteiger partial charge in [-0.1, -0.05) is 97.9 Å². The molecule has 0 aliphatic heterocycles. The minimum Gasteiger partial charge on any atom is -0.296 e. The van der Waals surface area contributed by atoms with Crippen molar-refractivity contribution in [2.45, 2.75) is 20.3 Å². The van der Waals surface area contributed by atoms with Crippen LogP contribution in [0.2, 0.25) is 0 Å². The third kappa shape index (κ3) is 6.37. The molecule has 6 heteroatoms. The van der Waals surface area contributed by atoms with Crippen LogP contribution in [0.1, 0.15) is 25.4 Å². The lowest BCUT2D eigenvalue weighted by Crippen LogP contribution is -1.99. The number of rotatable bonds is 9. The number of imidazole rings is 1. The van der Waals surface area contributed by atoms with E-state index in [9.17, 15) is 0 Å². The van der Waals surface area contributed by atoms with Crippen molar-refractivity contribution in [1.29, 1.82) is 0 Å². The Balaban J connectivity index is 1.15. The van der Waals surface area contributed by atoms with Crippen LogP contribution in [-0.2, 0) is 6.42 Å². The number of hydrogen-bond donors (Lipinski definition) is 0. The van der Waals surface area contributed by atoms with Crippen LogP contribution in [-0.4, -0.2) is 31.2 Å². The Morgan fingerprint density at radius 2 is 1.45 bits per heavy atom. The fourth-order valence-electron chi connectivity index (χ4n) is 7.54. The first-order valence-corrected chi connectivity index (χ1v) is 18.8. The maximum absolute atomic E-state index is 5.32. The highest BCUT2D eigenvalue weighted by Crippen LogP contribution is 2.39. The van der Waals surface area contributed by atoms with Gasteiger partial charge in [0.05, 0.1) is 33.6 Å². The maximum atomic E-state index is 5.32. The molecule has 0 saturated heterocycles. The lowest BCUT2D eigenvalue weighted by molar-refractivity contribution is 0.908. The van der Waals surface area contributed by atoms with E-state index in [0.717, 1.165) is 107 Å². The normalized spacial score (nSPS) is 11.9. The van der Waals surface area contributed by atoms with E-state index in [0.29, 0.717) is 0 Å². The first-order valence-electron chi connectivity index (χ1n) is 18.8. The predicted octanol–water partition coefficient (Wildman–Crippen LogP) is 12.4. The summed E-state index contributed by atoms with van der Waals surface area (Å²) < 4.78 is 2.28. The van der Waals surface area contributed by atoms with Gasteiger partial charge in [-0.3, -0.25) is 14.5 Å². The smallest absolute Gasteiger partial charge is 0.114 e. The highest BCUT2D eigenvalue weighted by Gasteiger charge is 2.19. The van der Waals surface area contributed by atoms with Gasteiger partial charge >= 0.3 is 0 Å². The number of aromatic nitrogens is 5. The predicted molar refractivity (Wildman–Crippen MR) is 233 cm³/mol. The summed E-state index contributed by atoms with van der Waals surface area (Å²) in [6, 6.07) is 49.1. The summed E-state index contributed by atoms with van der Waals surface area (Å²) in [5.74, 6) is 1.02. The summed E-state index contributed by atoms with van der Waals surface area (Å²) in [5, 5.41) is 3.34. The molecule has 5 aromatic carbocycles. The topological polar surface area (TPSA) is 68.8 Å². The highest BCUT2D eigenvalue weighted by atomic mass is 15.1.